The minimum Gasteiger partial charge on any atom is -0.490 e. The topological polar surface area (TPSA) is 95.2 Å². The second kappa shape index (κ2) is 16.6. The quantitative estimate of drug-likeness (QED) is 0.167. The molecular formula is C35H47N5O4. The van der Waals surface area contributed by atoms with E-state index in [1.165, 1.54) is 0 Å². The zero-order chi connectivity index (χ0) is 31.3. The van der Waals surface area contributed by atoms with Crippen LogP contribution in [0.5, 0.6) is 17.2 Å². The van der Waals surface area contributed by atoms with Gasteiger partial charge in [0, 0.05) is 61.4 Å². The van der Waals surface area contributed by atoms with Crippen LogP contribution in [0.25, 0.3) is 0 Å². The fourth-order valence-electron chi connectivity index (χ4n) is 5.31. The molecule has 3 aromatic carbocycles. The molecule has 44 heavy (non-hydrogen) atoms. The number of nitrogens with one attached hydrogen (secondary N) is 3. The minimum atomic E-state index is -0.249. The SMILES string of the molecule is CCCCCNC(=O)Nc1ccc(Oc2ccc(NC(=O)c3ccc(N(C)C4CCN(CC)CC4)cc3)cc2)c(OCC)c1. The van der Waals surface area contributed by atoms with Gasteiger partial charge in [-0.2, -0.15) is 0 Å². The van der Waals surface area contributed by atoms with Gasteiger partial charge in [-0.15, -0.1) is 0 Å². The van der Waals surface area contributed by atoms with Crippen molar-refractivity contribution in [2.24, 2.45) is 0 Å². The lowest BCUT2D eigenvalue weighted by Crippen LogP contribution is -2.43. The number of hydrogen-bond acceptors (Lipinski definition) is 6. The number of rotatable bonds is 14. The summed E-state index contributed by atoms with van der Waals surface area (Å²) in [7, 11) is 2.14. The lowest BCUT2D eigenvalue weighted by Gasteiger charge is -2.37. The Morgan fingerprint density at radius 3 is 2.23 bits per heavy atom. The number of likely N-dealkylation sites (tertiary alicyclic amines) is 1. The fraction of sp³-hybridized carbons (Fsp3) is 0.429. The number of hydrogen-bond donors (Lipinski definition) is 3. The summed E-state index contributed by atoms with van der Waals surface area (Å²) in [5.41, 5.74) is 3.01. The Morgan fingerprint density at radius 2 is 1.57 bits per heavy atom. The molecule has 1 saturated heterocycles. The van der Waals surface area contributed by atoms with Crippen molar-refractivity contribution in [3.05, 3.63) is 72.3 Å². The highest BCUT2D eigenvalue weighted by Gasteiger charge is 2.22. The maximum absolute atomic E-state index is 12.9. The van der Waals surface area contributed by atoms with E-state index in [0.29, 0.717) is 53.4 Å². The fourth-order valence-corrected chi connectivity index (χ4v) is 5.31. The molecule has 0 aromatic heterocycles. The van der Waals surface area contributed by atoms with Crippen LogP contribution in [0.2, 0.25) is 0 Å². The number of unbranched alkanes of at least 4 members (excludes halogenated alkanes) is 2. The first-order valence-corrected chi connectivity index (χ1v) is 15.9. The molecule has 0 unspecified atom stereocenters. The predicted octanol–water partition coefficient (Wildman–Crippen LogP) is 7.36. The maximum atomic E-state index is 12.9. The van der Waals surface area contributed by atoms with Crippen molar-refractivity contribution in [2.45, 2.75) is 58.9 Å². The first-order chi connectivity index (χ1) is 21.4. The van der Waals surface area contributed by atoms with E-state index in [2.05, 4.69) is 46.6 Å². The van der Waals surface area contributed by atoms with Crippen molar-refractivity contribution in [3.63, 3.8) is 0 Å². The summed E-state index contributed by atoms with van der Waals surface area (Å²) in [6.07, 6.45) is 5.44. The molecule has 0 atom stereocenters. The van der Waals surface area contributed by atoms with Gasteiger partial charge in [0.15, 0.2) is 11.5 Å². The first-order valence-electron chi connectivity index (χ1n) is 15.9. The van der Waals surface area contributed by atoms with Crippen molar-refractivity contribution in [2.75, 3.05) is 55.4 Å². The molecule has 0 saturated carbocycles. The van der Waals surface area contributed by atoms with Gasteiger partial charge in [0.2, 0.25) is 0 Å². The van der Waals surface area contributed by atoms with Crippen LogP contribution in [0.4, 0.5) is 21.9 Å². The van der Waals surface area contributed by atoms with Crippen molar-refractivity contribution in [3.8, 4) is 17.2 Å². The van der Waals surface area contributed by atoms with Gasteiger partial charge in [-0.1, -0.05) is 26.7 Å². The van der Waals surface area contributed by atoms with E-state index in [0.717, 1.165) is 57.4 Å². The molecule has 1 heterocycles. The van der Waals surface area contributed by atoms with Crippen molar-refractivity contribution < 1.29 is 19.1 Å². The molecule has 0 aliphatic carbocycles. The van der Waals surface area contributed by atoms with E-state index in [1.807, 2.05) is 31.2 Å². The summed E-state index contributed by atoms with van der Waals surface area (Å²) in [5, 5.41) is 8.68. The van der Waals surface area contributed by atoms with E-state index in [9.17, 15) is 9.59 Å². The van der Waals surface area contributed by atoms with Crippen LogP contribution < -0.4 is 30.3 Å². The Kier molecular flexibility index (Phi) is 12.3. The zero-order valence-electron chi connectivity index (χ0n) is 26.5. The maximum Gasteiger partial charge on any atom is 0.319 e. The van der Waals surface area contributed by atoms with E-state index in [1.54, 1.807) is 42.5 Å². The van der Waals surface area contributed by atoms with Gasteiger partial charge in [0.05, 0.1) is 6.61 Å². The normalized spacial score (nSPS) is 13.6. The number of amides is 3. The third-order valence-corrected chi connectivity index (χ3v) is 8.00. The van der Waals surface area contributed by atoms with Gasteiger partial charge in [-0.05, 0) is 93.4 Å². The van der Waals surface area contributed by atoms with Crippen molar-refractivity contribution in [1.82, 2.24) is 10.2 Å². The Morgan fingerprint density at radius 1 is 0.864 bits per heavy atom. The number of urea groups is 1. The third-order valence-electron chi connectivity index (χ3n) is 8.00. The highest BCUT2D eigenvalue weighted by molar-refractivity contribution is 6.04. The Hall–Kier alpha value is -4.24. The number of carbonyl (C=O) groups is 2. The van der Waals surface area contributed by atoms with Crippen molar-refractivity contribution >= 4 is 29.0 Å². The Labute approximate surface area is 261 Å². The number of benzene rings is 3. The highest BCUT2D eigenvalue weighted by Crippen LogP contribution is 2.34. The van der Waals surface area contributed by atoms with Crippen LogP contribution in [-0.2, 0) is 0 Å². The van der Waals surface area contributed by atoms with E-state index in [-0.39, 0.29) is 11.9 Å². The number of carbonyl (C=O) groups excluding carboxylic acids is 2. The molecule has 9 heteroatoms. The molecule has 9 nitrogen and oxygen atoms in total. The van der Waals surface area contributed by atoms with Gasteiger partial charge >= 0.3 is 6.03 Å². The van der Waals surface area contributed by atoms with Crippen LogP contribution in [0, 0.1) is 0 Å². The molecule has 1 fully saturated rings. The summed E-state index contributed by atoms with van der Waals surface area (Å²) in [6, 6.07) is 20.6. The van der Waals surface area contributed by atoms with Crippen molar-refractivity contribution in [1.29, 1.82) is 0 Å². The summed E-state index contributed by atoms with van der Waals surface area (Å²) in [5.74, 6) is 1.48. The van der Waals surface area contributed by atoms with E-state index >= 15 is 0 Å². The smallest absolute Gasteiger partial charge is 0.319 e. The third kappa shape index (κ3) is 9.38. The summed E-state index contributed by atoms with van der Waals surface area (Å²) >= 11 is 0. The van der Waals surface area contributed by atoms with Gasteiger partial charge in [-0.3, -0.25) is 4.79 Å². The second-order valence-electron chi connectivity index (χ2n) is 11.1. The molecule has 1 aliphatic rings. The van der Waals surface area contributed by atoms with Crippen LogP contribution in [0.1, 0.15) is 63.2 Å². The molecule has 0 bridgehead atoms. The lowest BCUT2D eigenvalue weighted by atomic mass is 10.0. The van der Waals surface area contributed by atoms with Gasteiger partial charge in [-0.25, -0.2) is 4.79 Å². The molecular weight excluding hydrogens is 554 g/mol. The number of nitrogens with zero attached hydrogens (tertiary/aromatic N) is 2. The van der Waals surface area contributed by atoms with Gasteiger partial charge in [0.1, 0.15) is 5.75 Å². The molecule has 236 valence electrons. The van der Waals surface area contributed by atoms with Crippen LogP contribution >= 0.6 is 0 Å². The van der Waals surface area contributed by atoms with E-state index in [4.69, 9.17) is 9.47 Å². The average molecular weight is 602 g/mol. The second-order valence-corrected chi connectivity index (χ2v) is 11.1. The first kappa shape index (κ1) is 32.7. The van der Waals surface area contributed by atoms with Crippen LogP contribution in [0.15, 0.2) is 66.7 Å². The number of ether oxygens (including phenoxy) is 2. The predicted molar refractivity (Wildman–Crippen MR) is 179 cm³/mol. The summed E-state index contributed by atoms with van der Waals surface area (Å²) in [6.45, 7) is 10.7. The van der Waals surface area contributed by atoms with Gasteiger partial charge < -0.3 is 35.2 Å². The molecule has 1 aliphatic heterocycles. The summed E-state index contributed by atoms with van der Waals surface area (Å²) < 4.78 is 11.9. The molecule has 3 N–H and O–H groups in total. The monoisotopic (exact) mass is 601 g/mol. The highest BCUT2D eigenvalue weighted by atomic mass is 16.5. The van der Waals surface area contributed by atoms with Crippen LogP contribution in [0.3, 0.4) is 0 Å². The largest absolute Gasteiger partial charge is 0.490 e. The molecule has 0 spiro atoms. The molecule has 3 amide bonds. The molecule has 3 aromatic rings. The standard InChI is InChI=1S/C35H47N5O4/c1-5-8-9-22-36-35(42)38-28-14-19-32(33(25-28)43-7-3)44-31-17-12-27(13-18-31)37-34(41)26-10-15-29(16-11-26)39(4)30-20-23-40(6-2)24-21-30/h10-19,25,30H,5-9,20-24H2,1-4H3,(H,37,41)(H2,36,38,42). The average Bonchev–Trinajstić information content (AvgIpc) is 3.05. The minimum absolute atomic E-state index is 0.166. The molecule has 0 radical (unpaired) electrons. The molecule has 4 rings (SSSR count). The van der Waals surface area contributed by atoms with Gasteiger partial charge in [0.25, 0.3) is 5.91 Å². The Bertz CT molecular complexity index is 1340. The summed E-state index contributed by atoms with van der Waals surface area (Å²) in [4.78, 5) is 30.0. The Balaban J connectivity index is 1.31. The zero-order valence-corrected chi connectivity index (χ0v) is 26.5. The number of anilines is 3. The van der Waals surface area contributed by atoms with Crippen LogP contribution in [-0.4, -0.2) is 62.7 Å². The van der Waals surface area contributed by atoms with E-state index < -0.39 is 0 Å². The lowest BCUT2D eigenvalue weighted by molar-refractivity contribution is 0.102. The number of piperidine rings is 1.